The van der Waals surface area contributed by atoms with Crippen LogP contribution in [0.3, 0.4) is 0 Å². The van der Waals surface area contributed by atoms with E-state index in [0.29, 0.717) is 6.54 Å². The van der Waals surface area contributed by atoms with Gasteiger partial charge in [-0.05, 0) is 19.1 Å². The lowest BCUT2D eigenvalue weighted by Gasteiger charge is -2.30. The molecule has 3 rings (SSSR count). The largest absolute Gasteiger partial charge is 0.395 e. The Morgan fingerprint density at radius 1 is 1.16 bits per heavy atom. The van der Waals surface area contributed by atoms with Crippen molar-refractivity contribution in [3.05, 3.63) is 48.0 Å². The molecule has 2 heterocycles. The molecular formula is C19H28N4O2. The molecule has 1 aromatic heterocycles. The molecule has 0 aliphatic carbocycles. The maximum Gasteiger partial charge on any atom is 0.110 e. The number of para-hydroxylation sites is 1. The molecule has 25 heavy (non-hydrogen) atoms. The lowest BCUT2D eigenvalue weighted by Crippen LogP contribution is -2.42. The van der Waals surface area contributed by atoms with Crippen LogP contribution in [-0.2, 0) is 11.3 Å². The summed E-state index contributed by atoms with van der Waals surface area (Å²) in [7, 11) is 0. The average molecular weight is 344 g/mol. The quantitative estimate of drug-likeness (QED) is 0.782. The number of imidazole rings is 1. The van der Waals surface area contributed by atoms with Crippen molar-refractivity contribution in [2.45, 2.75) is 13.5 Å². The highest BCUT2D eigenvalue weighted by atomic mass is 16.5. The third-order valence-electron chi connectivity index (χ3n) is 4.66. The Morgan fingerprint density at radius 2 is 1.92 bits per heavy atom. The topological polar surface area (TPSA) is 53.8 Å². The minimum atomic E-state index is 0.168. The van der Waals surface area contributed by atoms with Crippen molar-refractivity contribution in [1.82, 2.24) is 19.4 Å². The van der Waals surface area contributed by atoms with Gasteiger partial charge in [-0.1, -0.05) is 18.2 Å². The van der Waals surface area contributed by atoms with Gasteiger partial charge in [0.2, 0.25) is 0 Å². The van der Waals surface area contributed by atoms with E-state index in [2.05, 4.69) is 31.5 Å². The fraction of sp³-hybridized carbons (Fsp3) is 0.526. The molecule has 6 heteroatoms. The third-order valence-corrected chi connectivity index (χ3v) is 4.66. The lowest BCUT2D eigenvalue weighted by atomic mass is 10.3. The van der Waals surface area contributed by atoms with Crippen LogP contribution in [0.25, 0.3) is 5.69 Å². The van der Waals surface area contributed by atoms with Crippen LogP contribution in [0.1, 0.15) is 11.5 Å². The summed E-state index contributed by atoms with van der Waals surface area (Å²) in [5, 5.41) is 9.45. The van der Waals surface area contributed by atoms with Crippen molar-refractivity contribution in [2.75, 3.05) is 52.5 Å². The van der Waals surface area contributed by atoms with E-state index in [-0.39, 0.29) is 6.61 Å². The lowest BCUT2D eigenvalue weighted by molar-refractivity contribution is 0.0319. The van der Waals surface area contributed by atoms with Gasteiger partial charge in [0, 0.05) is 45.0 Å². The van der Waals surface area contributed by atoms with Crippen LogP contribution in [0.5, 0.6) is 0 Å². The molecule has 2 aromatic rings. The first-order valence-corrected chi connectivity index (χ1v) is 9.00. The number of hydrogen-bond acceptors (Lipinski definition) is 5. The van der Waals surface area contributed by atoms with Crippen LogP contribution in [0.4, 0.5) is 0 Å². The summed E-state index contributed by atoms with van der Waals surface area (Å²) in [4.78, 5) is 9.22. The number of aliphatic hydroxyl groups excluding tert-OH is 1. The van der Waals surface area contributed by atoms with Crippen LogP contribution >= 0.6 is 0 Å². The summed E-state index contributed by atoms with van der Waals surface area (Å²) < 4.78 is 7.60. The molecule has 0 saturated carbocycles. The highest BCUT2D eigenvalue weighted by Crippen LogP contribution is 2.16. The summed E-state index contributed by atoms with van der Waals surface area (Å²) in [6.45, 7) is 9.20. The highest BCUT2D eigenvalue weighted by Gasteiger charge is 2.15. The first-order valence-electron chi connectivity index (χ1n) is 9.00. The number of benzene rings is 1. The van der Waals surface area contributed by atoms with E-state index in [1.807, 2.05) is 31.3 Å². The zero-order chi connectivity index (χ0) is 17.5. The maximum atomic E-state index is 9.45. The van der Waals surface area contributed by atoms with Gasteiger partial charge in [-0.25, -0.2) is 4.98 Å². The van der Waals surface area contributed by atoms with Crippen molar-refractivity contribution in [3.8, 4) is 5.69 Å². The normalized spacial score (nSPS) is 15.8. The van der Waals surface area contributed by atoms with Gasteiger partial charge in [0.05, 0.1) is 31.7 Å². The molecule has 1 fully saturated rings. The molecule has 1 aromatic carbocycles. The first kappa shape index (κ1) is 18.1. The van der Waals surface area contributed by atoms with Crippen LogP contribution < -0.4 is 0 Å². The molecule has 0 amide bonds. The van der Waals surface area contributed by atoms with Gasteiger partial charge in [0.25, 0.3) is 0 Å². The number of morpholine rings is 1. The second kappa shape index (κ2) is 9.10. The van der Waals surface area contributed by atoms with Gasteiger partial charge in [0.1, 0.15) is 5.82 Å². The van der Waals surface area contributed by atoms with Gasteiger partial charge in [-0.2, -0.15) is 0 Å². The molecule has 0 unspecified atom stereocenters. The minimum absolute atomic E-state index is 0.168. The molecule has 1 N–H and O–H groups in total. The number of ether oxygens (including phenoxy) is 1. The summed E-state index contributed by atoms with van der Waals surface area (Å²) in [6.07, 6.45) is 1.95. The smallest absolute Gasteiger partial charge is 0.110 e. The van der Waals surface area contributed by atoms with Crippen LogP contribution in [0, 0.1) is 6.92 Å². The molecule has 1 aliphatic rings. The first-order chi connectivity index (χ1) is 12.3. The SMILES string of the molecule is Cc1ncc(CN(CCO)CCN2CCOCC2)n1-c1ccccc1. The van der Waals surface area contributed by atoms with Crippen molar-refractivity contribution in [1.29, 1.82) is 0 Å². The van der Waals surface area contributed by atoms with E-state index in [1.54, 1.807) is 0 Å². The summed E-state index contributed by atoms with van der Waals surface area (Å²) in [6, 6.07) is 10.3. The number of rotatable bonds is 8. The Kier molecular flexibility index (Phi) is 6.58. The number of aryl methyl sites for hydroxylation is 1. The Hall–Kier alpha value is -1.73. The van der Waals surface area contributed by atoms with Crippen molar-refractivity contribution >= 4 is 0 Å². The molecule has 0 atom stereocenters. The Morgan fingerprint density at radius 3 is 2.64 bits per heavy atom. The predicted octanol–water partition coefficient (Wildman–Crippen LogP) is 1.31. The van der Waals surface area contributed by atoms with Crippen LogP contribution in [0.15, 0.2) is 36.5 Å². The highest BCUT2D eigenvalue weighted by molar-refractivity contribution is 5.35. The molecular weight excluding hydrogens is 316 g/mol. The van der Waals surface area contributed by atoms with E-state index in [1.165, 1.54) is 0 Å². The second-order valence-corrected chi connectivity index (χ2v) is 6.42. The van der Waals surface area contributed by atoms with Gasteiger partial charge < -0.3 is 9.84 Å². The predicted molar refractivity (Wildman–Crippen MR) is 97.9 cm³/mol. The van der Waals surface area contributed by atoms with Crippen molar-refractivity contribution in [2.24, 2.45) is 0 Å². The zero-order valence-corrected chi connectivity index (χ0v) is 15.0. The zero-order valence-electron chi connectivity index (χ0n) is 15.0. The molecule has 0 radical (unpaired) electrons. The summed E-state index contributed by atoms with van der Waals surface area (Å²) in [5.41, 5.74) is 2.28. The van der Waals surface area contributed by atoms with E-state index in [0.717, 1.165) is 63.1 Å². The molecule has 1 aliphatic heterocycles. The minimum Gasteiger partial charge on any atom is -0.395 e. The van der Waals surface area contributed by atoms with Crippen molar-refractivity contribution in [3.63, 3.8) is 0 Å². The maximum absolute atomic E-state index is 9.45. The van der Waals surface area contributed by atoms with Crippen LogP contribution in [-0.4, -0.2) is 77.0 Å². The number of aromatic nitrogens is 2. The van der Waals surface area contributed by atoms with Crippen molar-refractivity contribution < 1.29 is 9.84 Å². The van der Waals surface area contributed by atoms with Gasteiger partial charge in [-0.15, -0.1) is 0 Å². The number of hydrogen-bond donors (Lipinski definition) is 1. The number of aliphatic hydroxyl groups is 1. The Labute approximate surface area is 149 Å². The van der Waals surface area contributed by atoms with E-state index in [4.69, 9.17) is 4.74 Å². The molecule has 0 spiro atoms. The third kappa shape index (κ3) is 4.89. The molecule has 1 saturated heterocycles. The van der Waals surface area contributed by atoms with Crippen LogP contribution in [0.2, 0.25) is 0 Å². The van der Waals surface area contributed by atoms with Gasteiger partial charge in [0.15, 0.2) is 0 Å². The fourth-order valence-corrected chi connectivity index (χ4v) is 3.28. The molecule has 136 valence electrons. The van der Waals surface area contributed by atoms with E-state index in [9.17, 15) is 5.11 Å². The number of nitrogens with zero attached hydrogens (tertiary/aromatic N) is 4. The molecule has 0 bridgehead atoms. The van der Waals surface area contributed by atoms with Gasteiger partial charge >= 0.3 is 0 Å². The summed E-state index contributed by atoms with van der Waals surface area (Å²) in [5.74, 6) is 0.985. The van der Waals surface area contributed by atoms with E-state index < -0.39 is 0 Å². The average Bonchev–Trinajstić information content (AvgIpc) is 3.02. The molecule has 6 nitrogen and oxygen atoms in total. The second-order valence-electron chi connectivity index (χ2n) is 6.42. The standard InChI is InChI=1S/C19H28N4O2/c1-17-20-15-19(23(17)18-5-3-2-4-6-18)16-22(9-12-24)8-7-21-10-13-25-14-11-21/h2-6,15,24H,7-14,16H2,1H3. The Balaban J connectivity index is 1.67. The Bertz CT molecular complexity index is 638. The monoisotopic (exact) mass is 344 g/mol. The van der Waals surface area contributed by atoms with E-state index >= 15 is 0 Å². The summed E-state index contributed by atoms with van der Waals surface area (Å²) >= 11 is 0. The fourth-order valence-electron chi connectivity index (χ4n) is 3.28. The van der Waals surface area contributed by atoms with Gasteiger partial charge in [-0.3, -0.25) is 14.4 Å².